The van der Waals surface area contributed by atoms with Crippen LogP contribution in [0.2, 0.25) is 0 Å². The first-order valence-electron chi connectivity index (χ1n) is 11.5. The van der Waals surface area contributed by atoms with Gasteiger partial charge in [0.2, 0.25) is 5.43 Å². The maximum absolute atomic E-state index is 16.1. The minimum absolute atomic E-state index is 0.0114. The molecule has 1 saturated carbocycles. The van der Waals surface area contributed by atoms with Crippen molar-refractivity contribution in [2.75, 3.05) is 24.5 Å². The van der Waals surface area contributed by atoms with E-state index in [1.165, 1.54) is 29.7 Å². The lowest BCUT2D eigenvalue weighted by molar-refractivity contribution is 0.143. The second kappa shape index (κ2) is 7.28. The number of anilines is 1. The highest BCUT2D eigenvalue weighted by atomic mass is 19.1. The number of ether oxygens (including phenoxy) is 1. The van der Waals surface area contributed by atoms with E-state index in [9.17, 15) is 9.59 Å². The van der Waals surface area contributed by atoms with Crippen molar-refractivity contribution in [3.63, 3.8) is 0 Å². The van der Waals surface area contributed by atoms with Gasteiger partial charge in [0, 0.05) is 36.8 Å². The summed E-state index contributed by atoms with van der Waals surface area (Å²) in [4.78, 5) is 28.4. The van der Waals surface area contributed by atoms with E-state index in [1.54, 1.807) is 4.90 Å². The lowest BCUT2D eigenvalue weighted by Crippen LogP contribution is -2.37. The fourth-order valence-electron chi connectivity index (χ4n) is 6.35. The Hall–Kier alpha value is -2.94. The number of fused-ring (bicyclic) bond motifs is 4. The zero-order valence-corrected chi connectivity index (χ0v) is 18.1. The van der Waals surface area contributed by atoms with Crippen molar-refractivity contribution in [3.05, 3.63) is 40.2 Å². The molecule has 1 aromatic heterocycles. The van der Waals surface area contributed by atoms with Gasteiger partial charge < -0.3 is 19.3 Å². The van der Waals surface area contributed by atoms with Crippen molar-refractivity contribution in [1.82, 2.24) is 9.47 Å². The van der Waals surface area contributed by atoms with Gasteiger partial charge in [-0.3, -0.25) is 9.69 Å². The average molecular weight is 457 g/mol. The summed E-state index contributed by atoms with van der Waals surface area (Å²) in [5.74, 6) is -1.71. The van der Waals surface area contributed by atoms with Gasteiger partial charge in [-0.15, -0.1) is 0 Å². The van der Waals surface area contributed by atoms with Crippen LogP contribution in [-0.4, -0.2) is 52.4 Å². The number of benzene rings is 1. The zero-order chi connectivity index (χ0) is 23.0. The minimum atomic E-state index is -1.66. The van der Waals surface area contributed by atoms with Gasteiger partial charge in [-0.05, 0) is 44.6 Å². The summed E-state index contributed by atoms with van der Waals surface area (Å²) in [6.45, 7) is 5.82. The third-order valence-corrected chi connectivity index (χ3v) is 7.82. The number of pyridine rings is 1. The topological polar surface area (TPSA) is 75.0 Å². The molecule has 33 heavy (non-hydrogen) atoms. The number of hydrogen-bond acceptors (Lipinski definition) is 5. The first kappa shape index (κ1) is 20.7. The van der Waals surface area contributed by atoms with Crippen molar-refractivity contribution >= 4 is 28.8 Å². The molecule has 6 rings (SSSR count). The standard InChI is InChI=1S/C24H25F2N3O4/c1-2-15-18-21(29(13-5-6-13)11-17(23(18)30)33-24(31)32)20(26)22(19(15)25)27-9-12-8-14-4-3-7-28(14)16(12)10-27/h2,11-14,16H,1,3-10H2,(H,31,32). The Labute approximate surface area is 188 Å². The van der Waals surface area contributed by atoms with Crippen LogP contribution in [0.5, 0.6) is 5.75 Å². The molecular weight excluding hydrogens is 432 g/mol. The molecule has 0 amide bonds. The summed E-state index contributed by atoms with van der Waals surface area (Å²) in [5, 5.41) is 8.80. The molecule has 2 aromatic rings. The van der Waals surface area contributed by atoms with Crippen LogP contribution in [0.1, 0.15) is 43.7 Å². The predicted molar refractivity (Wildman–Crippen MR) is 119 cm³/mol. The van der Waals surface area contributed by atoms with Crippen LogP contribution in [-0.2, 0) is 0 Å². The summed E-state index contributed by atoms with van der Waals surface area (Å²) in [6.07, 6.45) is 5.71. The first-order chi connectivity index (χ1) is 15.9. The maximum atomic E-state index is 16.1. The number of halogens is 2. The molecule has 4 heterocycles. The number of nitrogens with zero attached hydrogens (tertiary/aromatic N) is 3. The molecule has 9 heteroatoms. The molecule has 7 nitrogen and oxygen atoms in total. The largest absolute Gasteiger partial charge is 0.511 e. The van der Waals surface area contributed by atoms with E-state index >= 15 is 8.78 Å². The molecule has 1 aliphatic carbocycles. The number of rotatable bonds is 4. The van der Waals surface area contributed by atoms with E-state index in [-0.39, 0.29) is 34.2 Å². The van der Waals surface area contributed by atoms with E-state index in [0.717, 1.165) is 25.8 Å². The van der Waals surface area contributed by atoms with Crippen LogP contribution in [0.15, 0.2) is 17.6 Å². The Balaban J connectivity index is 1.53. The lowest BCUT2D eigenvalue weighted by atomic mass is 10.0. The minimum Gasteiger partial charge on any atom is -0.449 e. The van der Waals surface area contributed by atoms with E-state index in [2.05, 4.69) is 16.2 Å². The van der Waals surface area contributed by atoms with Crippen molar-refractivity contribution in [1.29, 1.82) is 0 Å². The molecule has 3 saturated heterocycles. The van der Waals surface area contributed by atoms with Crippen LogP contribution in [0.4, 0.5) is 19.3 Å². The van der Waals surface area contributed by atoms with E-state index in [0.29, 0.717) is 25.0 Å². The second-order valence-corrected chi connectivity index (χ2v) is 9.65. The monoisotopic (exact) mass is 457 g/mol. The molecular formula is C24H25F2N3O4. The van der Waals surface area contributed by atoms with Gasteiger partial charge in [0.15, 0.2) is 17.4 Å². The lowest BCUT2D eigenvalue weighted by Gasteiger charge is -2.27. The molecule has 4 fully saturated rings. The molecule has 1 aromatic carbocycles. The number of hydrogen-bond donors (Lipinski definition) is 1. The van der Waals surface area contributed by atoms with Gasteiger partial charge in [-0.2, -0.15) is 0 Å². The van der Waals surface area contributed by atoms with Crippen molar-refractivity contribution < 1.29 is 23.4 Å². The summed E-state index contributed by atoms with van der Waals surface area (Å²) in [7, 11) is 0. The average Bonchev–Trinajstić information content (AvgIpc) is 3.25. The summed E-state index contributed by atoms with van der Waals surface area (Å²) < 4.78 is 38.1. The fraction of sp³-hybridized carbons (Fsp3) is 0.500. The van der Waals surface area contributed by atoms with Crippen LogP contribution in [0.3, 0.4) is 0 Å². The highest BCUT2D eigenvalue weighted by Gasteiger charge is 2.49. The third-order valence-electron chi connectivity index (χ3n) is 7.82. The Morgan fingerprint density at radius 3 is 2.67 bits per heavy atom. The third kappa shape index (κ3) is 3.01. The quantitative estimate of drug-likeness (QED) is 0.700. The van der Waals surface area contributed by atoms with Crippen molar-refractivity contribution in [2.24, 2.45) is 5.92 Å². The highest BCUT2D eigenvalue weighted by molar-refractivity contribution is 5.93. The maximum Gasteiger partial charge on any atom is 0.511 e. The van der Waals surface area contributed by atoms with E-state index in [4.69, 9.17) is 5.11 Å². The van der Waals surface area contributed by atoms with Gasteiger partial charge in [0.25, 0.3) is 0 Å². The van der Waals surface area contributed by atoms with Gasteiger partial charge in [-0.25, -0.2) is 13.6 Å². The second-order valence-electron chi connectivity index (χ2n) is 9.65. The Morgan fingerprint density at radius 2 is 1.97 bits per heavy atom. The molecule has 3 atom stereocenters. The van der Waals surface area contributed by atoms with Crippen LogP contribution in [0, 0.1) is 17.6 Å². The smallest absolute Gasteiger partial charge is 0.449 e. The van der Waals surface area contributed by atoms with Crippen molar-refractivity contribution in [2.45, 2.75) is 50.2 Å². The first-order valence-corrected chi connectivity index (χ1v) is 11.5. The molecule has 0 bridgehead atoms. The van der Waals surface area contributed by atoms with Gasteiger partial charge >= 0.3 is 6.16 Å². The van der Waals surface area contributed by atoms with Gasteiger partial charge in [0.05, 0.1) is 17.1 Å². The Kier molecular flexibility index (Phi) is 4.56. The normalized spacial score (nSPS) is 26.6. The molecule has 174 valence electrons. The van der Waals surface area contributed by atoms with E-state index < -0.39 is 29.0 Å². The molecule has 1 N–H and O–H groups in total. The number of carbonyl (C=O) groups is 1. The van der Waals surface area contributed by atoms with Gasteiger partial charge in [-0.1, -0.05) is 12.7 Å². The summed E-state index contributed by atoms with van der Waals surface area (Å²) in [5.41, 5.74) is -1.11. The van der Waals surface area contributed by atoms with Crippen LogP contribution in [0.25, 0.3) is 17.0 Å². The van der Waals surface area contributed by atoms with Crippen molar-refractivity contribution in [3.8, 4) is 5.75 Å². The zero-order valence-electron chi connectivity index (χ0n) is 18.1. The Morgan fingerprint density at radius 1 is 1.18 bits per heavy atom. The predicted octanol–water partition coefficient (Wildman–Crippen LogP) is 3.99. The highest BCUT2D eigenvalue weighted by Crippen LogP contribution is 2.45. The fourth-order valence-corrected chi connectivity index (χ4v) is 6.35. The van der Waals surface area contributed by atoms with Gasteiger partial charge in [0.1, 0.15) is 5.69 Å². The van der Waals surface area contributed by atoms with Crippen LogP contribution < -0.4 is 15.1 Å². The SMILES string of the molecule is C=Cc1c(F)c(N2CC3CC4CCCN4C3C2)c(F)c2c1c(=O)c(OC(=O)O)cn2C1CC1. The number of carboxylic acid groups (broad SMARTS) is 1. The summed E-state index contributed by atoms with van der Waals surface area (Å²) >= 11 is 0. The summed E-state index contributed by atoms with van der Waals surface area (Å²) in [6, 6.07) is 0.777. The molecule has 0 spiro atoms. The van der Waals surface area contributed by atoms with Crippen LogP contribution >= 0.6 is 0 Å². The van der Waals surface area contributed by atoms with E-state index in [1.807, 2.05) is 0 Å². The molecule has 3 aliphatic heterocycles. The molecule has 3 unspecified atom stereocenters. The molecule has 0 radical (unpaired) electrons. The Bertz CT molecular complexity index is 1250. The molecule has 4 aliphatic rings. The number of aromatic nitrogens is 1.